The standard InChI is InChI=1S/C29H36N6O4/c1-33-10-12-34(13-11-33)14-15-35-25-18-23(7-8-26(25)39-29(35)37)22-5-3-21(4-6-22)17-24(19-30)32-28(36)27-20-31-9-2-16-38-27/h3-8,18,24,27,31H,2,9-17,20H2,1H3,(H,32,36)/t24-,27-/m0/s1. The molecular weight excluding hydrogens is 496 g/mol. The molecule has 10 heteroatoms. The van der Waals surface area contributed by atoms with Crippen molar-refractivity contribution < 1.29 is 13.9 Å². The van der Waals surface area contributed by atoms with E-state index in [0.29, 0.717) is 31.7 Å². The zero-order valence-corrected chi connectivity index (χ0v) is 22.4. The molecule has 10 nitrogen and oxygen atoms in total. The molecule has 1 amide bonds. The van der Waals surface area contributed by atoms with Crippen LogP contribution in [0, 0.1) is 11.3 Å². The molecule has 2 aliphatic heterocycles. The summed E-state index contributed by atoms with van der Waals surface area (Å²) in [6, 6.07) is 15.3. The van der Waals surface area contributed by atoms with Gasteiger partial charge in [-0.15, -0.1) is 0 Å². The molecule has 3 aromatic rings. The van der Waals surface area contributed by atoms with E-state index in [0.717, 1.165) is 67.9 Å². The zero-order chi connectivity index (χ0) is 27.2. The Kier molecular flexibility index (Phi) is 8.74. The van der Waals surface area contributed by atoms with Crippen LogP contribution in [0.3, 0.4) is 0 Å². The molecule has 2 aliphatic rings. The van der Waals surface area contributed by atoms with Crippen LogP contribution in [0.15, 0.2) is 51.7 Å². The number of ether oxygens (including phenoxy) is 1. The minimum atomic E-state index is -0.646. The van der Waals surface area contributed by atoms with Crippen LogP contribution in [0.2, 0.25) is 0 Å². The highest BCUT2D eigenvalue weighted by atomic mass is 16.5. The molecule has 0 saturated carbocycles. The van der Waals surface area contributed by atoms with Crippen molar-refractivity contribution in [1.82, 2.24) is 25.0 Å². The minimum Gasteiger partial charge on any atom is -0.408 e. The number of oxazole rings is 1. The van der Waals surface area contributed by atoms with Crippen LogP contribution >= 0.6 is 0 Å². The summed E-state index contributed by atoms with van der Waals surface area (Å²) in [6.07, 6.45) is 0.678. The van der Waals surface area contributed by atoms with Crippen molar-refractivity contribution in [3.8, 4) is 17.2 Å². The van der Waals surface area contributed by atoms with Crippen LogP contribution < -0.4 is 16.4 Å². The summed E-state index contributed by atoms with van der Waals surface area (Å²) >= 11 is 0. The summed E-state index contributed by atoms with van der Waals surface area (Å²) < 4.78 is 12.8. The highest BCUT2D eigenvalue weighted by molar-refractivity contribution is 5.82. The quantitative estimate of drug-likeness (QED) is 0.448. The second kappa shape index (κ2) is 12.6. The number of nitrogens with zero attached hydrogens (tertiary/aromatic N) is 4. The summed E-state index contributed by atoms with van der Waals surface area (Å²) in [4.78, 5) is 29.8. The van der Waals surface area contributed by atoms with E-state index in [1.807, 2.05) is 42.5 Å². The van der Waals surface area contributed by atoms with Gasteiger partial charge in [0.15, 0.2) is 5.58 Å². The molecule has 0 unspecified atom stereocenters. The molecule has 2 saturated heterocycles. The van der Waals surface area contributed by atoms with E-state index in [4.69, 9.17) is 9.15 Å². The third kappa shape index (κ3) is 6.75. The number of rotatable bonds is 8. The normalized spacial score (nSPS) is 19.8. The number of amides is 1. The maximum atomic E-state index is 12.6. The lowest BCUT2D eigenvalue weighted by Crippen LogP contribution is -2.46. The third-order valence-electron chi connectivity index (χ3n) is 7.54. The van der Waals surface area contributed by atoms with Gasteiger partial charge in [0.1, 0.15) is 12.1 Å². The van der Waals surface area contributed by atoms with Crippen molar-refractivity contribution in [2.45, 2.75) is 31.5 Å². The van der Waals surface area contributed by atoms with E-state index in [1.54, 1.807) is 4.57 Å². The Morgan fingerprint density at radius 2 is 1.90 bits per heavy atom. The topological polar surface area (TPSA) is 116 Å². The van der Waals surface area contributed by atoms with Gasteiger partial charge in [-0.05, 0) is 48.8 Å². The number of benzene rings is 2. The summed E-state index contributed by atoms with van der Waals surface area (Å²) in [5.74, 6) is -0.596. The molecular formula is C29H36N6O4. The first-order valence-electron chi connectivity index (χ1n) is 13.7. The molecule has 3 heterocycles. The average molecular weight is 533 g/mol. The monoisotopic (exact) mass is 532 g/mol. The molecule has 206 valence electrons. The first-order chi connectivity index (χ1) is 19.0. The van der Waals surface area contributed by atoms with Gasteiger partial charge in [0.2, 0.25) is 0 Å². The predicted octanol–water partition coefficient (Wildman–Crippen LogP) is 1.44. The first-order valence-corrected chi connectivity index (χ1v) is 13.7. The minimum absolute atomic E-state index is 0.264. The molecule has 1 aromatic heterocycles. The van der Waals surface area contributed by atoms with Gasteiger partial charge in [-0.2, -0.15) is 5.26 Å². The van der Waals surface area contributed by atoms with Gasteiger partial charge in [-0.1, -0.05) is 30.3 Å². The third-order valence-corrected chi connectivity index (χ3v) is 7.54. The second-order valence-corrected chi connectivity index (χ2v) is 10.4. The van der Waals surface area contributed by atoms with Gasteiger partial charge < -0.3 is 24.7 Å². The zero-order valence-electron chi connectivity index (χ0n) is 22.4. The van der Waals surface area contributed by atoms with E-state index in [1.165, 1.54) is 0 Å². The second-order valence-electron chi connectivity index (χ2n) is 10.4. The van der Waals surface area contributed by atoms with Crippen LogP contribution in [0.25, 0.3) is 22.2 Å². The fourth-order valence-electron chi connectivity index (χ4n) is 5.11. The number of aromatic nitrogens is 1. The number of carbonyl (C=O) groups is 1. The lowest BCUT2D eigenvalue weighted by Gasteiger charge is -2.32. The molecule has 2 fully saturated rings. The summed E-state index contributed by atoms with van der Waals surface area (Å²) in [5.41, 5.74) is 4.29. The van der Waals surface area contributed by atoms with Crippen molar-refractivity contribution >= 4 is 17.0 Å². The van der Waals surface area contributed by atoms with Crippen molar-refractivity contribution in [3.05, 3.63) is 58.6 Å². The van der Waals surface area contributed by atoms with Gasteiger partial charge in [0, 0.05) is 58.8 Å². The number of likely N-dealkylation sites (N-methyl/N-ethyl adjacent to an activating group) is 1. The molecule has 39 heavy (non-hydrogen) atoms. The largest absolute Gasteiger partial charge is 0.419 e. The average Bonchev–Trinajstić information content (AvgIpc) is 3.10. The number of piperazine rings is 1. The lowest BCUT2D eigenvalue weighted by molar-refractivity contribution is -0.132. The Balaban J connectivity index is 1.24. The Morgan fingerprint density at radius 1 is 1.13 bits per heavy atom. The summed E-state index contributed by atoms with van der Waals surface area (Å²) in [5, 5.41) is 15.6. The van der Waals surface area contributed by atoms with Gasteiger partial charge in [0.25, 0.3) is 5.91 Å². The van der Waals surface area contributed by atoms with E-state index in [9.17, 15) is 14.9 Å². The van der Waals surface area contributed by atoms with Crippen LogP contribution in [-0.2, 0) is 22.5 Å². The Labute approximate surface area is 228 Å². The van der Waals surface area contributed by atoms with Crippen LogP contribution in [0.5, 0.6) is 0 Å². The SMILES string of the molecule is CN1CCN(CCn2c(=O)oc3ccc(-c4ccc(C[C@@H](C#N)NC(=O)[C@@H]5CNCCCO5)cc4)cc32)CC1. The predicted molar refractivity (Wildman–Crippen MR) is 148 cm³/mol. The number of hydrogen-bond donors (Lipinski definition) is 2. The van der Waals surface area contributed by atoms with Crippen LogP contribution in [-0.4, -0.2) is 91.9 Å². The first kappa shape index (κ1) is 27.1. The number of fused-ring (bicyclic) bond motifs is 1. The summed E-state index contributed by atoms with van der Waals surface area (Å²) in [6.45, 7) is 7.26. The van der Waals surface area contributed by atoms with Crippen molar-refractivity contribution in [3.63, 3.8) is 0 Å². The van der Waals surface area contributed by atoms with E-state index >= 15 is 0 Å². The maximum absolute atomic E-state index is 12.6. The van der Waals surface area contributed by atoms with Crippen molar-refractivity contribution in [2.24, 2.45) is 0 Å². The summed E-state index contributed by atoms with van der Waals surface area (Å²) in [7, 11) is 2.13. The van der Waals surface area contributed by atoms with E-state index < -0.39 is 12.1 Å². The van der Waals surface area contributed by atoms with Gasteiger partial charge in [-0.3, -0.25) is 14.3 Å². The van der Waals surface area contributed by atoms with Crippen molar-refractivity contribution in [1.29, 1.82) is 5.26 Å². The molecule has 0 spiro atoms. The molecule has 0 aliphatic carbocycles. The molecule has 5 rings (SSSR count). The fraction of sp³-hybridized carbons (Fsp3) is 0.483. The molecule has 2 atom stereocenters. The lowest BCUT2D eigenvalue weighted by atomic mass is 10.0. The molecule has 2 N–H and O–H groups in total. The van der Waals surface area contributed by atoms with Gasteiger partial charge >= 0.3 is 5.76 Å². The highest BCUT2D eigenvalue weighted by Crippen LogP contribution is 2.25. The molecule has 0 radical (unpaired) electrons. The van der Waals surface area contributed by atoms with Crippen LogP contribution in [0.4, 0.5) is 0 Å². The Morgan fingerprint density at radius 3 is 2.67 bits per heavy atom. The van der Waals surface area contributed by atoms with Gasteiger partial charge in [-0.25, -0.2) is 4.79 Å². The molecule has 2 aromatic carbocycles. The maximum Gasteiger partial charge on any atom is 0.419 e. The number of nitriles is 1. The number of nitrogens with one attached hydrogen (secondary N) is 2. The smallest absolute Gasteiger partial charge is 0.408 e. The number of carbonyl (C=O) groups excluding carboxylic acids is 1. The van der Waals surface area contributed by atoms with Gasteiger partial charge in [0.05, 0.1) is 11.6 Å². The fourth-order valence-corrected chi connectivity index (χ4v) is 5.11. The van der Waals surface area contributed by atoms with E-state index in [-0.39, 0.29) is 11.7 Å². The molecule has 0 bridgehead atoms. The number of hydrogen-bond acceptors (Lipinski definition) is 8. The van der Waals surface area contributed by atoms with E-state index in [2.05, 4.69) is 33.6 Å². The Hall–Kier alpha value is -3.49. The Bertz CT molecular complexity index is 1360. The highest BCUT2D eigenvalue weighted by Gasteiger charge is 2.23. The van der Waals surface area contributed by atoms with Crippen molar-refractivity contribution in [2.75, 3.05) is 59.5 Å². The van der Waals surface area contributed by atoms with Crippen LogP contribution in [0.1, 0.15) is 12.0 Å².